The molecule has 0 spiro atoms. The highest BCUT2D eigenvalue weighted by molar-refractivity contribution is 9.10. The number of carbonyl (C=O) groups is 1. The van der Waals surface area contributed by atoms with E-state index < -0.39 is 11.9 Å². The van der Waals surface area contributed by atoms with Gasteiger partial charge in [-0.25, -0.2) is 4.79 Å². The quantitative estimate of drug-likeness (QED) is 0.194. The predicted molar refractivity (Wildman–Crippen MR) is 148 cm³/mol. The van der Waals surface area contributed by atoms with Crippen molar-refractivity contribution in [3.8, 4) is 29.1 Å². The smallest absolute Gasteiger partial charge is 0.349 e. The normalized spacial score (nSPS) is 14.0. The third-order valence-corrected chi connectivity index (χ3v) is 6.56. The Bertz CT molecular complexity index is 1560. The van der Waals surface area contributed by atoms with Crippen LogP contribution in [0.15, 0.2) is 113 Å². The lowest BCUT2D eigenvalue weighted by atomic mass is 9.83. The summed E-state index contributed by atoms with van der Waals surface area (Å²) in [5.41, 5.74) is 9.02. The molecule has 7 nitrogen and oxygen atoms in total. The molecule has 0 aromatic heterocycles. The molecule has 39 heavy (non-hydrogen) atoms. The van der Waals surface area contributed by atoms with Gasteiger partial charge >= 0.3 is 5.97 Å². The summed E-state index contributed by atoms with van der Waals surface area (Å²) in [7, 11) is 0. The number of esters is 1. The number of nitrogens with zero attached hydrogens (tertiary/aromatic N) is 1. The average Bonchev–Trinajstić information content (AvgIpc) is 2.95. The minimum Gasteiger partial charge on any atom is -0.489 e. The topological polar surface area (TPSA) is 104 Å². The largest absolute Gasteiger partial charge is 0.489 e. The van der Waals surface area contributed by atoms with E-state index >= 15 is 0 Å². The minimum absolute atomic E-state index is 0.00680. The fourth-order valence-electron chi connectivity index (χ4n) is 4.20. The number of allylic oxidation sites excluding steroid dienone is 1. The fourth-order valence-corrected chi connectivity index (χ4v) is 4.47. The van der Waals surface area contributed by atoms with Gasteiger partial charge in [-0.05, 0) is 53.6 Å². The summed E-state index contributed by atoms with van der Waals surface area (Å²) < 4.78 is 23.6. The van der Waals surface area contributed by atoms with Crippen LogP contribution < -0.4 is 24.7 Å². The van der Waals surface area contributed by atoms with Gasteiger partial charge < -0.3 is 24.7 Å². The molecule has 194 valence electrons. The molecule has 0 bridgehead atoms. The Hall–Kier alpha value is -4.74. The van der Waals surface area contributed by atoms with E-state index in [1.807, 2.05) is 66.7 Å². The first kappa shape index (κ1) is 25.9. The zero-order chi connectivity index (χ0) is 27.2. The standard InChI is InChI=1S/C31H23BrN2O5/c32-22-9-11-23(12-10-22)37-19-29(35)38-25-13-14-26-28(16-25)39-31(34)27(17-33)30(26)21-7-4-8-24(15-21)36-18-20-5-2-1-3-6-20/h1-16,30H,18-19,34H2. The Labute approximate surface area is 234 Å². The van der Waals surface area contributed by atoms with E-state index in [1.165, 1.54) is 0 Å². The van der Waals surface area contributed by atoms with Crippen LogP contribution in [0.2, 0.25) is 0 Å². The maximum absolute atomic E-state index is 12.4. The zero-order valence-electron chi connectivity index (χ0n) is 20.7. The van der Waals surface area contributed by atoms with Gasteiger partial charge in [0.2, 0.25) is 5.88 Å². The third-order valence-electron chi connectivity index (χ3n) is 6.03. The van der Waals surface area contributed by atoms with Gasteiger partial charge in [-0.2, -0.15) is 5.26 Å². The number of rotatable bonds is 8. The number of ether oxygens (including phenoxy) is 4. The Morgan fingerprint density at radius 2 is 1.67 bits per heavy atom. The van der Waals surface area contributed by atoms with Crippen LogP contribution in [0, 0.1) is 11.3 Å². The maximum atomic E-state index is 12.4. The number of hydrogen-bond donors (Lipinski definition) is 1. The van der Waals surface area contributed by atoms with E-state index in [0.29, 0.717) is 29.4 Å². The molecule has 4 aromatic rings. The van der Waals surface area contributed by atoms with E-state index in [2.05, 4.69) is 22.0 Å². The molecule has 1 aliphatic rings. The summed E-state index contributed by atoms with van der Waals surface area (Å²) in [4.78, 5) is 12.4. The number of nitrogens with two attached hydrogens (primary N) is 1. The maximum Gasteiger partial charge on any atom is 0.349 e. The predicted octanol–water partition coefficient (Wildman–Crippen LogP) is 6.23. The molecule has 1 unspecified atom stereocenters. The van der Waals surface area contributed by atoms with Gasteiger partial charge in [0.1, 0.15) is 41.2 Å². The second-order valence-electron chi connectivity index (χ2n) is 8.69. The van der Waals surface area contributed by atoms with Crippen molar-refractivity contribution in [2.45, 2.75) is 12.5 Å². The number of halogens is 1. The Kier molecular flexibility index (Phi) is 7.80. The SMILES string of the molecule is N#CC1=C(N)Oc2cc(OC(=O)COc3ccc(Br)cc3)ccc2C1c1cccc(OCc2ccccc2)c1. The number of hydrogen-bond acceptors (Lipinski definition) is 7. The lowest BCUT2D eigenvalue weighted by Crippen LogP contribution is -2.21. The highest BCUT2D eigenvalue weighted by atomic mass is 79.9. The molecule has 1 heterocycles. The third kappa shape index (κ3) is 6.22. The van der Waals surface area contributed by atoms with Crippen molar-refractivity contribution in [1.82, 2.24) is 0 Å². The minimum atomic E-state index is -0.574. The molecule has 8 heteroatoms. The van der Waals surface area contributed by atoms with Crippen LogP contribution in [0.4, 0.5) is 0 Å². The molecule has 1 aliphatic heterocycles. The number of carbonyl (C=O) groups excluding carboxylic acids is 1. The van der Waals surface area contributed by atoms with E-state index in [1.54, 1.807) is 30.3 Å². The number of nitriles is 1. The van der Waals surface area contributed by atoms with Crippen molar-refractivity contribution in [2.24, 2.45) is 5.73 Å². The molecule has 0 saturated carbocycles. The molecule has 0 saturated heterocycles. The van der Waals surface area contributed by atoms with Crippen LogP contribution in [-0.2, 0) is 11.4 Å². The molecule has 0 fully saturated rings. The summed E-state index contributed by atoms with van der Waals surface area (Å²) in [6.45, 7) is 0.149. The van der Waals surface area contributed by atoms with Gasteiger partial charge in [-0.3, -0.25) is 0 Å². The van der Waals surface area contributed by atoms with Crippen molar-refractivity contribution in [3.05, 3.63) is 130 Å². The molecule has 1 atom stereocenters. The second kappa shape index (κ2) is 11.8. The van der Waals surface area contributed by atoms with E-state index in [4.69, 9.17) is 24.7 Å². The Morgan fingerprint density at radius 3 is 2.44 bits per heavy atom. The van der Waals surface area contributed by atoms with Gasteiger partial charge in [0, 0.05) is 16.1 Å². The molecule has 2 N–H and O–H groups in total. The Balaban J connectivity index is 1.34. The second-order valence-corrected chi connectivity index (χ2v) is 9.60. The summed E-state index contributed by atoms with van der Waals surface area (Å²) in [6.07, 6.45) is 0. The van der Waals surface area contributed by atoms with Crippen molar-refractivity contribution in [3.63, 3.8) is 0 Å². The van der Waals surface area contributed by atoms with Crippen LogP contribution >= 0.6 is 15.9 Å². The molecule has 0 radical (unpaired) electrons. The fraction of sp³-hybridized carbons (Fsp3) is 0.0968. The first-order valence-corrected chi connectivity index (χ1v) is 12.9. The van der Waals surface area contributed by atoms with Gasteiger partial charge in [0.05, 0.1) is 5.92 Å². The molecule has 4 aromatic carbocycles. The lowest BCUT2D eigenvalue weighted by Gasteiger charge is -2.27. The highest BCUT2D eigenvalue weighted by Gasteiger charge is 2.31. The summed E-state index contributed by atoms with van der Waals surface area (Å²) in [5, 5.41) is 9.90. The van der Waals surface area contributed by atoms with Gasteiger partial charge in [-0.15, -0.1) is 0 Å². The van der Waals surface area contributed by atoms with Crippen molar-refractivity contribution in [1.29, 1.82) is 5.26 Å². The van der Waals surface area contributed by atoms with Crippen LogP contribution in [0.25, 0.3) is 0 Å². The van der Waals surface area contributed by atoms with Crippen LogP contribution in [0.1, 0.15) is 22.6 Å². The number of benzene rings is 4. The van der Waals surface area contributed by atoms with Crippen molar-refractivity contribution in [2.75, 3.05) is 6.61 Å². The van der Waals surface area contributed by atoms with Gasteiger partial charge in [0.15, 0.2) is 6.61 Å². The lowest BCUT2D eigenvalue weighted by molar-refractivity contribution is -0.136. The van der Waals surface area contributed by atoms with Gasteiger partial charge in [-0.1, -0.05) is 64.5 Å². The van der Waals surface area contributed by atoms with Crippen LogP contribution in [0.5, 0.6) is 23.0 Å². The van der Waals surface area contributed by atoms with Crippen LogP contribution in [-0.4, -0.2) is 12.6 Å². The average molecular weight is 583 g/mol. The first-order chi connectivity index (χ1) is 19.0. The molecular formula is C31H23BrN2O5. The first-order valence-electron chi connectivity index (χ1n) is 12.1. The highest BCUT2D eigenvalue weighted by Crippen LogP contribution is 2.44. The number of fused-ring (bicyclic) bond motifs is 1. The van der Waals surface area contributed by atoms with Crippen molar-refractivity contribution >= 4 is 21.9 Å². The zero-order valence-corrected chi connectivity index (χ0v) is 22.3. The van der Waals surface area contributed by atoms with Gasteiger partial charge in [0.25, 0.3) is 0 Å². The molecule has 0 aliphatic carbocycles. The molecule has 5 rings (SSSR count). The summed E-state index contributed by atoms with van der Waals surface area (Å²) in [5.74, 6) is 0.809. The van der Waals surface area contributed by atoms with Crippen LogP contribution in [0.3, 0.4) is 0 Å². The van der Waals surface area contributed by atoms with E-state index in [-0.39, 0.29) is 23.8 Å². The van der Waals surface area contributed by atoms with E-state index in [0.717, 1.165) is 15.6 Å². The summed E-state index contributed by atoms with van der Waals surface area (Å²) >= 11 is 3.36. The molecular weight excluding hydrogens is 560 g/mol. The van der Waals surface area contributed by atoms with Crippen molar-refractivity contribution < 1.29 is 23.7 Å². The summed E-state index contributed by atoms with van der Waals surface area (Å²) in [6, 6.07) is 31.7. The molecule has 0 amide bonds. The monoisotopic (exact) mass is 582 g/mol. The van der Waals surface area contributed by atoms with E-state index in [9.17, 15) is 10.1 Å². The Morgan fingerprint density at radius 1 is 0.897 bits per heavy atom.